The van der Waals surface area contributed by atoms with Crippen LogP contribution in [-0.4, -0.2) is 29.5 Å². The molecule has 15 heavy (non-hydrogen) atoms. The Kier molecular flexibility index (Phi) is 4.72. The van der Waals surface area contributed by atoms with Crippen molar-refractivity contribution in [3.05, 3.63) is 29.1 Å². The Labute approximate surface area is 92.3 Å². The van der Waals surface area contributed by atoms with Gasteiger partial charge < -0.3 is 5.73 Å². The van der Waals surface area contributed by atoms with Gasteiger partial charge in [0.25, 0.3) is 0 Å². The lowest BCUT2D eigenvalue weighted by molar-refractivity contribution is 0.287. The fourth-order valence-electron chi connectivity index (χ4n) is 1.65. The third kappa shape index (κ3) is 3.61. The van der Waals surface area contributed by atoms with E-state index >= 15 is 0 Å². The minimum absolute atomic E-state index is 0.714. The first-order valence-corrected chi connectivity index (χ1v) is 5.53. The summed E-state index contributed by atoms with van der Waals surface area (Å²) in [6.07, 6.45) is 0. The molecule has 0 atom stereocenters. The maximum absolute atomic E-state index is 5.56. The van der Waals surface area contributed by atoms with E-state index in [0.717, 1.165) is 31.0 Å². The average Bonchev–Trinajstić information content (AvgIpc) is 2.21. The number of nitrogens with two attached hydrogens (primary N) is 1. The molecular weight excluding hydrogens is 186 g/mol. The number of hydrogen-bond acceptors (Lipinski definition) is 3. The van der Waals surface area contributed by atoms with Crippen LogP contribution in [-0.2, 0) is 6.54 Å². The van der Waals surface area contributed by atoms with Crippen molar-refractivity contribution in [2.24, 2.45) is 5.73 Å². The zero-order valence-electron chi connectivity index (χ0n) is 9.95. The normalized spacial score (nSPS) is 11.0. The quantitative estimate of drug-likeness (QED) is 0.795. The van der Waals surface area contributed by atoms with Crippen LogP contribution in [0.15, 0.2) is 12.1 Å². The van der Waals surface area contributed by atoms with E-state index in [1.165, 1.54) is 5.56 Å². The van der Waals surface area contributed by atoms with Crippen LogP contribution in [0.3, 0.4) is 0 Å². The van der Waals surface area contributed by atoms with Crippen molar-refractivity contribution in [3.8, 4) is 0 Å². The van der Waals surface area contributed by atoms with Crippen molar-refractivity contribution in [2.45, 2.75) is 27.3 Å². The lowest BCUT2D eigenvalue weighted by Gasteiger charge is -2.20. The summed E-state index contributed by atoms with van der Waals surface area (Å²) >= 11 is 0. The van der Waals surface area contributed by atoms with E-state index in [9.17, 15) is 0 Å². The molecule has 3 heteroatoms. The third-order valence-electron chi connectivity index (χ3n) is 2.62. The topological polar surface area (TPSA) is 42.1 Å². The zero-order valence-corrected chi connectivity index (χ0v) is 9.95. The highest BCUT2D eigenvalue weighted by Crippen LogP contribution is 2.09. The molecule has 1 rings (SSSR count). The van der Waals surface area contributed by atoms with E-state index in [1.807, 2.05) is 6.92 Å². The molecular formula is C12H21N3. The molecule has 1 aromatic rings. The van der Waals surface area contributed by atoms with Crippen LogP contribution in [0.25, 0.3) is 0 Å². The van der Waals surface area contributed by atoms with Gasteiger partial charge in [-0.05, 0) is 32.0 Å². The second-order valence-corrected chi connectivity index (χ2v) is 3.85. The van der Waals surface area contributed by atoms with Crippen LogP contribution >= 0.6 is 0 Å². The lowest BCUT2D eigenvalue weighted by atomic mass is 10.1. The van der Waals surface area contributed by atoms with Crippen LogP contribution in [0.1, 0.15) is 23.9 Å². The van der Waals surface area contributed by atoms with Crippen molar-refractivity contribution in [1.82, 2.24) is 9.88 Å². The second-order valence-electron chi connectivity index (χ2n) is 3.85. The monoisotopic (exact) mass is 207 g/mol. The lowest BCUT2D eigenvalue weighted by Crippen LogP contribution is -2.29. The molecule has 0 unspecified atom stereocenters. The summed E-state index contributed by atoms with van der Waals surface area (Å²) in [6, 6.07) is 4.23. The molecule has 1 heterocycles. The van der Waals surface area contributed by atoms with Crippen molar-refractivity contribution in [1.29, 1.82) is 0 Å². The van der Waals surface area contributed by atoms with E-state index in [2.05, 4.69) is 35.9 Å². The fraction of sp³-hybridized carbons (Fsp3) is 0.583. The maximum atomic E-state index is 5.56. The number of aryl methyl sites for hydroxylation is 2. The number of pyridine rings is 1. The number of hydrogen-bond donors (Lipinski definition) is 1. The van der Waals surface area contributed by atoms with E-state index < -0.39 is 0 Å². The molecule has 0 aliphatic rings. The van der Waals surface area contributed by atoms with E-state index in [4.69, 9.17) is 5.73 Å². The van der Waals surface area contributed by atoms with Gasteiger partial charge in [-0.3, -0.25) is 9.88 Å². The standard InChI is InChI=1S/C12H21N3/c1-4-15(8-7-13)9-12-6-5-10(2)14-11(12)3/h5-6H,4,7-9,13H2,1-3H3. The molecule has 2 N–H and O–H groups in total. The Morgan fingerprint density at radius 3 is 2.60 bits per heavy atom. The SMILES string of the molecule is CCN(CCN)Cc1ccc(C)nc1C. The minimum Gasteiger partial charge on any atom is -0.329 e. The number of likely N-dealkylation sites (N-methyl/N-ethyl adjacent to an activating group) is 1. The molecule has 0 aliphatic carbocycles. The van der Waals surface area contributed by atoms with Crippen molar-refractivity contribution < 1.29 is 0 Å². The molecule has 0 saturated heterocycles. The van der Waals surface area contributed by atoms with Crippen LogP contribution in [0, 0.1) is 13.8 Å². The molecule has 3 nitrogen and oxygen atoms in total. The Hall–Kier alpha value is -0.930. The molecule has 0 amide bonds. The predicted molar refractivity (Wildman–Crippen MR) is 63.7 cm³/mol. The van der Waals surface area contributed by atoms with Gasteiger partial charge in [0.05, 0.1) is 0 Å². The van der Waals surface area contributed by atoms with Gasteiger partial charge in [0.15, 0.2) is 0 Å². The first kappa shape index (κ1) is 12.1. The molecule has 0 fully saturated rings. The van der Waals surface area contributed by atoms with Gasteiger partial charge in [-0.15, -0.1) is 0 Å². The van der Waals surface area contributed by atoms with Crippen LogP contribution < -0.4 is 5.73 Å². The van der Waals surface area contributed by atoms with Crippen molar-refractivity contribution in [2.75, 3.05) is 19.6 Å². The molecule has 0 saturated carbocycles. The Morgan fingerprint density at radius 1 is 1.33 bits per heavy atom. The van der Waals surface area contributed by atoms with Crippen LogP contribution in [0.5, 0.6) is 0 Å². The molecule has 0 spiro atoms. The zero-order chi connectivity index (χ0) is 11.3. The number of rotatable bonds is 5. The van der Waals surface area contributed by atoms with Crippen LogP contribution in [0.4, 0.5) is 0 Å². The van der Waals surface area contributed by atoms with Crippen molar-refractivity contribution in [3.63, 3.8) is 0 Å². The van der Waals surface area contributed by atoms with E-state index in [-0.39, 0.29) is 0 Å². The Balaban J connectivity index is 2.70. The highest BCUT2D eigenvalue weighted by atomic mass is 15.1. The molecule has 84 valence electrons. The van der Waals surface area contributed by atoms with Gasteiger partial charge in [0, 0.05) is 31.0 Å². The largest absolute Gasteiger partial charge is 0.329 e. The van der Waals surface area contributed by atoms with Gasteiger partial charge >= 0.3 is 0 Å². The summed E-state index contributed by atoms with van der Waals surface area (Å²) in [4.78, 5) is 6.80. The van der Waals surface area contributed by atoms with Crippen molar-refractivity contribution >= 4 is 0 Å². The predicted octanol–water partition coefficient (Wildman–Crippen LogP) is 1.48. The molecule has 1 aromatic heterocycles. The first-order valence-electron chi connectivity index (χ1n) is 5.53. The number of aromatic nitrogens is 1. The summed E-state index contributed by atoms with van der Waals surface area (Å²) in [5.41, 5.74) is 9.08. The van der Waals surface area contributed by atoms with E-state index in [1.54, 1.807) is 0 Å². The fourth-order valence-corrected chi connectivity index (χ4v) is 1.65. The second kappa shape index (κ2) is 5.83. The molecule has 0 aromatic carbocycles. The molecule has 0 radical (unpaired) electrons. The van der Waals surface area contributed by atoms with Gasteiger partial charge in [-0.25, -0.2) is 0 Å². The average molecular weight is 207 g/mol. The molecule has 0 aliphatic heterocycles. The minimum atomic E-state index is 0.714. The Bertz CT molecular complexity index is 310. The first-order chi connectivity index (χ1) is 7.17. The van der Waals surface area contributed by atoms with Gasteiger partial charge in [0.1, 0.15) is 0 Å². The maximum Gasteiger partial charge on any atom is 0.0420 e. The smallest absolute Gasteiger partial charge is 0.0420 e. The summed E-state index contributed by atoms with van der Waals surface area (Å²) in [7, 11) is 0. The van der Waals surface area contributed by atoms with Crippen LogP contribution in [0.2, 0.25) is 0 Å². The van der Waals surface area contributed by atoms with Gasteiger partial charge in [-0.2, -0.15) is 0 Å². The van der Waals surface area contributed by atoms with Gasteiger partial charge in [0.2, 0.25) is 0 Å². The Morgan fingerprint density at radius 2 is 2.07 bits per heavy atom. The van der Waals surface area contributed by atoms with E-state index in [0.29, 0.717) is 6.54 Å². The molecule has 0 bridgehead atoms. The highest BCUT2D eigenvalue weighted by Gasteiger charge is 2.05. The number of nitrogens with zero attached hydrogens (tertiary/aromatic N) is 2. The highest BCUT2D eigenvalue weighted by molar-refractivity contribution is 5.21. The third-order valence-corrected chi connectivity index (χ3v) is 2.62. The summed E-state index contributed by atoms with van der Waals surface area (Å²) < 4.78 is 0. The summed E-state index contributed by atoms with van der Waals surface area (Å²) in [6.45, 7) is 9.90. The summed E-state index contributed by atoms with van der Waals surface area (Å²) in [5.74, 6) is 0. The van der Waals surface area contributed by atoms with Gasteiger partial charge in [-0.1, -0.05) is 13.0 Å². The summed E-state index contributed by atoms with van der Waals surface area (Å²) in [5, 5.41) is 0.